The molecule has 0 fully saturated rings. The lowest BCUT2D eigenvalue weighted by atomic mass is 10.2. The van der Waals surface area contributed by atoms with Crippen LogP contribution in [-0.2, 0) is 0 Å². The zero-order chi connectivity index (χ0) is 13.1. The van der Waals surface area contributed by atoms with E-state index in [2.05, 4.69) is 26.2 Å². The Balaban J connectivity index is 2.21. The van der Waals surface area contributed by atoms with Gasteiger partial charge in [-0.05, 0) is 40.2 Å². The first-order chi connectivity index (χ1) is 8.58. The summed E-state index contributed by atoms with van der Waals surface area (Å²) in [5.41, 5.74) is 0.909. The Morgan fingerprint density at radius 1 is 1.22 bits per heavy atom. The number of aromatic nitrogens is 1. The van der Waals surface area contributed by atoms with Gasteiger partial charge in [-0.2, -0.15) is 0 Å². The van der Waals surface area contributed by atoms with E-state index in [-0.39, 0.29) is 5.91 Å². The molecule has 3 nitrogen and oxygen atoms in total. The predicted molar refractivity (Wildman–Crippen MR) is 76.4 cm³/mol. The third-order valence-corrected chi connectivity index (χ3v) is 3.48. The van der Waals surface area contributed by atoms with Gasteiger partial charge in [0.25, 0.3) is 5.91 Å². The van der Waals surface area contributed by atoms with Crippen LogP contribution < -0.4 is 5.32 Å². The fourth-order valence-electron chi connectivity index (χ4n) is 1.30. The van der Waals surface area contributed by atoms with Crippen LogP contribution >= 0.6 is 39.1 Å². The zero-order valence-electron chi connectivity index (χ0n) is 8.95. The molecule has 6 heteroatoms. The van der Waals surface area contributed by atoms with E-state index in [4.69, 9.17) is 23.2 Å². The van der Waals surface area contributed by atoms with E-state index in [1.807, 2.05) is 0 Å². The van der Waals surface area contributed by atoms with E-state index in [0.29, 0.717) is 25.9 Å². The van der Waals surface area contributed by atoms with Gasteiger partial charge in [0, 0.05) is 6.20 Å². The van der Waals surface area contributed by atoms with Crippen LogP contribution in [0.25, 0.3) is 0 Å². The summed E-state index contributed by atoms with van der Waals surface area (Å²) in [5.74, 6) is -0.292. The van der Waals surface area contributed by atoms with Crippen LogP contribution in [0.15, 0.2) is 41.1 Å². The summed E-state index contributed by atoms with van der Waals surface area (Å²) >= 11 is 15.0. The minimum atomic E-state index is -0.292. The SMILES string of the molecule is O=C(Nc1cccc(Cl)c1Cl)c1ccc(Br)nc1. The number of amides is 1. The zero-order valence-corrected chi connectivity index (χ0v) is 12.1. The molecule has 1 heterocycles. The number of pyridine rings is 1. The Labute approximate surface area is 122 Å². The van der Waals surface area contributed by atoms with Crippen molar-refractivity contribution in [2.75, 3.05) is 5.32 Å². The van der Waals surface area contributed by atoms with Crippen LogP contribution in [0.3, 0.4) is 0 Å². The van der Waals surface area contributed by atoms with Crippen molar-refractivity contribution in [2.24, 2.45) is 0 Å². The van der Waals surface area contributed by atoms with E-state index >= 15 is 0 Å². The maximum Gasteiger partial charge on any atom is 0.257 e. The first-order valence-corrected chi connectivity index (χ1v) is 6.50. The van der Waals surface area contributed by atoms with Crippen molar-refractivity contribution in [1.29, 1.82) is 0 Å². The first kappa shape index (κ1) is 13.3. The molecule has 0 saturated carbocycles. The number of benzene rings is 1. The number of carbonyl (C=O) groups is 1. The van der Waals surface area contributed by atoms with Crippen molar-refractivity contribution < 1.29 is 4.79 Å². The summed E-state index contributed by atoms with van der Waals surface area (Å²) in [6.45, 7) is 0. The molecular formula is C12H7BrCl2N2O. The van der Waals surface area contributed by atoms with Crippen molar-refractivity contribution in [3.63, 3.8) is 0 Å². The quantitative estimate of drug-likeness (QED) is 0.819. The molecule has 0 aliphatic carbocycles. The highest BCUT2D eigenvalue weighted by Gasteiger charge is 2.10. The van der Waals surface area contributed by atoms with Crippen LogP contribution in [-0.4, -0.2) is 10.9 Å². The Bertz CT molecular complexity index is 587. The van der Waals surface area contributed by atoms with Gasteiger partial charge in [0.05, 0.1) is 21.3 Å². The average Bonchev–Trinajstić information content (AvgIpc) is 2.36. The second-order valence-electron chi connectivity index (χ2n) is 3.43. The van der Waals surface area contributed by atoms with Gasteiger partial charge < -0.3 is 5.32 Å². The molecule has 1 aromatic heterocycles. The van der Waals surface area contributed by atoms with Crippen molar-refractivity contribution in [2.45, 2.75) is 0 Å². The molecule has 0 saturated heterocycles. The summed E-state index contributed by atoms with van der Waals surface area (Å²) in [5, 5.41) is 3.39. The molecule has 92 valence electrons. The third-order valence-electron chi connectivity index (χ3n) is 2.19. The van der Waals surface area contributed by atoms with Gasteiger partial charge in [0.15, 0.2) is 0 Å². The normalized spacial score (nSPS) is 10.2. The smallest absolute Gasteiger partial charge is 0.257 e. The number of nitrogens with one attached hydrogen (secondary N) is 1. The average molecular weight is 346 g/mol. The molecule has 0 unspecified atom stereocenters. The van der Waals surface area contributed by atoms with Crippen LogP contribution in [0, 0.1) is 0 Å². The van der Waals surface area contributed by atoms with Gasteiger partial charge in [0.2, 0.25) is 0 Å². The molecule has 18 heavy (non-hydrogen) atoms. The molecule has 0 atom stereocenters. The number of carbonyl (C=O) groups excluding carboxylic acids is 1. The Kier molecular flexibility index (Phi) is 4.22. The number of hydrogen-bond donors (Lipinski definition) is 1. The molecule has 1 amide bonds. The lowest BCUT2D eigenvalue weighted by Crippen LogP contribution is -2.12. The Morgan fingerprint density at radius 3 is 2.67 bits per heavy atom. The summed E-state index contributed by atoms with van der Waals surface area (Å²) in [6, 6.07) is 8.39. The standard InChI is InChI=1S/C12H7BrCl2N2O/c13-10-5-4-7(6-16-10)12(18)17-9-3-1-2-8(14)11(9)15/h1-6H,(H,17,18). The molecule has 0 spiro atoms. The summed E-state index contributed by atoms with van der Waals surface area (Å²) in [4.78, 5) is 15.9. The molecule has 0 radical (unpaired) electrons. The second-order valence-corrected chi connectivity index (χ2v) is 5.02. The van der Waals surface area contributed by atoms with E-state index < -0.39 is 0 Å². The van der Waals surface area contributed by atoms with Gasteiger partial charge in [0.1, 0.15) is 4.60 Å². The second kappa shape index (κ2) is 5.69. The van der Waals surface area contributed by atoms with Crippen LogP contribution in [0.4, 0.5) is 5.69 Å². The summed E-state index contributed by atoms with van der Waals surface area (Å²) in [6.07, 6.45) is 1.47. The highest BCUT2D eigenvalue weighted by atomic mass is 79.9. The molecule has 2 aromatic rings. The Hall–Kier alpha value is -1.10. The van der Waals surface area contributed by atoms with Crippen LogP contribution in [0.5, 0.6) is 0 Å². The molecule has 0 bridgehead atoms. The van der Waals surface area contributed by atoms with Crippen molar-refractivity contribution in [3.8, 4) is 0 Å². The molecular weight excluding hydrogens is 339 g/mol. The maximum atomic E-state index is 11.9. The van der Waals surface area contributed by atoms with Gasteiger partial charge in [-0.1, -0.05) is 29.3 Å². The molecule has 0 aliphatic rings. The van der Waals surface area contributed by atoms with Crippen molar-refractivity contribution in [3.05, 3.63) is 56.7 Å². The van der Waals surface area contributed by atoms with E-state index in [1.165, 1.54) is 6.20 Å². The Morgan fingerprint density at radius 2 is 2.00 bits per heavy atom. The maximum absolute atomic E-state index is 11.9. The lowest BCUT2D eigenvalue weighted by molar-refractivity contribution is 0.102. The number of hydrogen-bond acceptors (Lipinski definition) is 2. The molecule has 2 rings (SSSR count). The predicted octanol–water partition coefficient (Wildman–Crippen LogP) is 4.40. The largest absolute Gasteiger partial charge is 0.321 e. The summed E-state index contributed by atoms with van der Waals surface area (Å²) < 4.78 is 0.667. The summed E-state index contributed by atoms with van der Waals surface area (Å²) in [7, 11) is 0. The molecule has 1 N–H and O–H groups in total. The minimum Gasteiger partial charge on any atom is -0.321 e. The fraction of sp³-hybridized carbons (Fsp3) is 0. The number of halogens is 3. The van der Waals surface area contributed by atoms with E-state index in [9.17, 15) is 4.79 Å². The van der Waals surface area contributed by atoms with Crippen LogP contribution in [0.1, 0.15) is 10.4 Å². The van der Waals surface area contributed by atoms with Crippen LogP contribution in [0.2, 0.25) is 10.0 Å². The van der Waals surface area contributed by atoms with Crippen molar-refractivity contribution >= 4 is 50.7 Å². The number of rotatable bonds is 2. The number of anilines is 1. The third kappa shape index (κ3) is 3.02. The highest BCUT2D eigenvalue weighted by molar-refractivity contribution is 9.10. The first-order valence-electron chi connectivity index (χ1n) is 4.95. The lowest BCUT2D eigenvalue weighted by Gasteiger charge is -2.07. The minimum absolute atomic E-state index is 0.292. The number of nitrogens with zero attached hydrogens (tertiary/aromatic N) is 1. The molecule has 0 aliphatic heterocycles. The monoisotopic (exact) mass is 344 g/mol. The van der Waals surface area contributed by atoms with Gasteiger partial charge in [-0.15, -0.1) is 0 Å². The van der Waals surface area contributed by atoms with E-state index in [0.717, 1.165) is 0 Å². The van der Waals surface area contributed by atoms with Crippen molar-refractivity contribution in [1.82, 2.24) is 4.98 Å². The molecule has 1 aromatic carbocycles. The highest BCUT2D eigenvalue weighted by Crippen LogP contribution is 2.29. The van der Waals surface area contributed by atoms with Gasteiger partial charge >= 0.3 is 0 Å². The fourth-order valence-corrected chi connectivity index (χ4v) is 1.89. The topological polar surface area (TPSA) is 42.0 Å². The van der Waals surface area contributed by atoms with Gasteiger partial charge in [-0.25, -0.2) is 4.98 Å². The van der Waals surface area contributed by atoms with E-state index in [1.54, 1.807) is 30.3 Å². The van der Waals surface area contributed by atoms with Gasteiger partial charge in [-0.3, -0.25) is 4.79 Å².